The molecule has 7 heteroatoms. The summed E-state index contributed by atoms with van der Waals surface area (Å²) >= 11 is 0. The summed E-state index contributed by atoms with van der Waals surface area (Å²) in [6.07, 6.45) is 4.32. The van der Waals surface area contributed by atoms with Gasteiger partial charge in [-0.2, -0.15) is 8.42 Å². The fraction of sp³-hybridized carbons (Fsp3) is 0.421. The van der Waals surface area contributed by atoms with E-state index in [1.54, 1.807) is 24.3 Å². The van der Waals surface area contributed by atoms with Gasteiger partial charge < -0.3 is 9.90 Å². The van der Waals surface area contributed by atoms with Gasteiger partial charge in [-0.1, -0.05) is 51.0 Å². The number of hydrogen-bond donors (Lipinski definition) is 1. The van der Waals surface area contributed by atoms with E-state index in [-0.39, 0.29) is 29.6 Å². The van der Waals surface area contributed by atoms with Crippen LogP contribution >= 0.6 is 0 Å². The van der Waals surface area contributed by atoms with E-state index in [2.05, 4.69) is 0 Å². The van der Waals surface area contributed by atoms with Crippen molar-refractivity contribution >= 4 is 26.9 Å². The van der Waals surface area contributed by atoms with Gasteiger partial charge in [0.25, 0.3) is 10.1 Å². The van der Waals surface area contributed by atoms with E-state index in [1.165, 1.54) is 0 Å². The molecule has 5 nitrogen and oxygen atoms in total. The number of rotatable bonds is 8. The fourth-order valence-corrected chi connectivity index (χ4v) is 4.27. The first-order chi connectivity index (χ1) is 11.8. The molecule has 2 aromatic rings. The van der Waals surface area contributed by atoms with Gasteiger partial charge in [0.2, 0.25) is 0 Å². The van der Waals surface area contributed by atoms with Crippen LogP contribution in [0.15, 0.2) is 29.2 Å². The average Bonchev–Trinajstić information content (AvgIpc) is 2.56. The molecule has 2 rings (SSSR count). The molecule has 0 radical (unpaired) electrons. The molecule has 136 valence electrons. The predicted molar refractivity (Wildman–Crippen MR) is 95.3 cm³/mol. The summed E-state index contributed by atoms with van der Waals surface area (Å²) in [5.74, 6) is -1.59. The first-order valence-corrected chi connectivity index (χ1v) is 10.0. The van der Waals surface area contributed by atoms with E-state index in [1.807, 2.05) is 13.8 Å². The summed E-state index contributed by atoms with van der Waals surface area (Å²) in [6, 6.07) is 6.82. The van der Waals surface area contributed by atoms with Crippen molar-refractivity contribution in [3.05, 3.63) is 41.0 Å². The van der Waals surface area contributed by atoms with E-state index in [0.717, 1.165) is 24.8 Å². The van der Waals surface area contributed by atoms with Gasteiger partial charge in [0.15, 0.2) is 0 Å². The monoisotopic (exact) mass is 386 g/mol. The van der Waals surface area contributed by atoms with Gasteiger partial charge in [-0.05, 0) is 47.6 Å². The number of aryl methyl sites for hydroxylation is 1. The number of benzene rings is 2. The van der Waals surface area contributed by atoms with Crippen molar-refractivity contribution in [1.82, 2.24) is 0 Å². The topological polar surface area (TPSA) is 94.5 Å². The molecule has 0 amide bonds. The van der Waals surface area contributed by atoms with Crippen LogP contribution in [-0.4, -0.2) is 18.9 Å². The molecule has 0 aliphatic heterocycles. The zero-order valence-corrected chi connectivity index (χ0v) is 18.4. The third-order valence-corrected chi connectivity index (χ3v) is 5.38. The second kappa shape index (κ2) is 9.85. The number of carbonyl (C=O) groups excluding carboxylic acids is 1. The number of carboxylic acid groups (broad SMARTS) is 1. The van der Waals surface area contributed by atoms with E-state index in [0.29, 0.717) is 35.6 Å². The van der Waals surface area contributed by atoms with Crippen LogP contribution in [0, 0.1) is 0 Å². The molecule has 0 bridgehead atoms. The minimum Gasteiger partial charge on any atom is -0.545 e. The van der Waals surface area contributed by atoms with Crippen LogP contribution in [0.1, 0.15) is 61.0 Å². The molecule has 0 spiro atoms. The zero-order valence-electron chi connectivity index (χ0n) is 15.5. The number of carbonyl (C=O) groups is 1. The van der Waals surface area contributed by atoms with Gasteiger partial charge in [-0.3, -0.25) is 4.55 Å². The number of carboxylic acids is 1. The molecular weight excluding hydrogens is 363 g/mol. The fourth-order valence-electron chi connectivity index (χ4n) is 3.28. The Kier molecular flexibility index (Phi) is 8.76. The van der Waals surface area contributed by atoms with E-state index < -0.39 is 26.5 Å². The molecule has 2 aromatic carbocycles. The summed E-state index contributed by atoms with van der Waals surface area (Å²) in [4.78, 5) is 11.3. The molecule has 0 aliphatic rings. The normalized spacial score (nSPS) is 11.3. The van der Waals surface area contributed by atoms with E-state index in [4.69, 9.17) is 0 Å². The van der Waals surface area contributed by atoms with Crippen molar-refractivity contribution in [1.29, 1.82) is 0 Å². The van der Waals surface area contributed by atoms with Crippen molar-refractivity contribution in [3.8, 4) is 0 Å². The van der Waals surface area contributed by atoms with Gasteiger partial charge in [-0.25, -0.2) is 0 Å². The van der Waals surface area contributed by atoms with Crippen LogP contribution in [0.5, 0.6) is 0 Å². The molecule has 0 aromatic heterocycles. The first-order valence-electron chi connectivity index (χ1n) is 8.58. The van der Waals surface area contributed by atoms with Crippen LogP contribution in [0.4, 0.5) is 0 Å². The molecule has 26 heavy (non-hydrogen) atoms. The molecule has 0 fully saturated rings. The van der Waals surface area contributed by atoms with Gasteiger partial charge in [0.05, 0.1) is 5.97 Å². The largest absolute Gasteiger partial charge is 1.00 e. The summed E-state index contributed by atoms with van der Waals surface area (Å²) in [5, 5.41) is 12.8. The van der Waals surface area contributed by atoms with Crippen molar-refractivity contribution in [3.63, 3.8) is 0 Å². The summed E-state index contributed by atoms with van der Waals surface area (Å²) in [7, 11) is -4.70. The maximum atomic E-state index is 12.1. The van der Waals surface area contributed by atoms with Crippen molar-refractivity contribution in [2.24, 2.45) is 0 Å². The Morgan fingerprint density at radius 3 is 1.96 bits per heavy atom. The zero-order chi connectivity index (χ0) is 18.6. The quantitative estimate of drug-likeness (QED) is 0.514. The number of unbranched alkanes of at least 4 members (excludes halogenated alkanes) is 2. The Morgan fingerprint density at radius 2 is 1.50 bits per heavy atom. The number of aromatic carboxylic acids is 1. The summed E-state index contributed by atoms with van der Waals surface area (Å²) < 4.78 is 33.9. The van der Waals surface area contributed by atoms with E-state index in [9.17, 15) is 22.9 Å². The number of fused-ring (bicyclic) bond motifs is 1. The molecule has 0 aliphatic carbocycles. The molecule has 0 saturated carbocycles. The molecule has 0 heterocycles. The van der Waals surface area contributed by atoms with Crippen LogP contribution in [0.25, 0.3) is 10.8 Å². The molecular formula is C19H23NaO5S. The molecule has 0 saturated heterocycles. The summed E-state index contributed by atoms with van der Waals surface area (Å²) in [5.41, 5.74) is 0.781. The molecule has 0 unspecified atom stereocenters. The Hall–Kier alpha value is -0.920. The smallest absolute Gasteiger partial charge is 0.545 e. The maximum Gasteiger partial charge on any atom is 1.00 e. The van der Waals surface area contributed by atoms with Gasteiger partial charge >= 0.3 is 29.6 Å². The Balaban J connectivity index is 0.00000338. The predicted octanol–water partition coefficient (Wildman–Crippen LogP) is 0.139. The third-order valence-electron chi connectivity index (χ3n) is 4.41. The van der Waals surface area contributed by atoms with Crippen LogP contribution in [-0.2, 0) is 23.0 Å². The standard InChI is InChI=1S/C19H24O5S.Na/c1-3-5-9-14-13-11-7-8-12-15(13)17(19(20)21)18(25(22,23)24)16(14)10-6-4-2;/h7-8,11-12H,3-6,9-10H2,1-2H3,(H,20,21)(H,22,23,24);/q;+1/p-1. The van der Waals surface area contributed by atoms with Crippen molar-refractivity contribution < 1.29 is 52.4 Å². The third kappa shape index (κ3) is 4.87. The van der Waals surface area contributed by atoms with Crippen molar-refractivity contribution in [2.75, 3.05) is 0 Å². The Morgan fingerprint density at radius 1 is 1.00 bits per heavy atom. The minimum atomic E-state index is -4.70. The maximum absolute atomic E-state index is 12.1. The Labute approximate surface area is 176 Å². The van der Waals surface area contributed by atoms with Crippen LogP contribution in [0.2, 0.25) is 0 Å². The summed E-state index contributed by atoms with van der Waals surface area (Å²) in [6.45, 7) is 4.01. The number of hydrogen-bond acceptors (Lipinski definition) is 4. The second-order valence-corrected chi connectivity index (χ2v) is 7.53. The Bertz CT molecular complexity index is 890. The van der Waals surface area contributed by atoms with Crippen molar-refractivity contribution in [2.45, 2.75) is 57.3 Å². The first kappa shape index (κ1) is 23.1. The average molecular weight is 386 g/mol. The van der Waals surface area contributed by atoms with Gasteiger partial charge in [0, 0.05) is 5.56 Å². The molecule has 1 N–H and O–H groups in total. The van der Waals surface area contributed by atoms with E-state index >= 15 is 0 Å². The molecule has 0 atom stereocenters. The van der Waals surface area contributed by atoms with Gasteiger partial charge in [0.1, 0.15) is 4.90 Å². The second-order valence-electron chi connectivity index (χ2n) is 6.18. The minimum absolute atomic E-state index is 0. The van der Waals surface area contributed by atoms with Crippen LogP contribution < -0.4 is 34.7 Å². The SMILES string of the molecule is CCCCc1c(S(=O)(=O)O)c(C(=O)[O-])c2ccccc2c1CCCC.[Na+]. The van der Waals surface area contributed by atoms with Crippen LogP contribution in [0.3, 0.4) is 0 Å². The van der Waals surface area contributed by atoms with Gasteiger partial charge in [-0.15, -0.1) is 0 Å².